The van der Waals surface area contributed by atoms with Crippen LogP contribution in [-0.4, -0.2) is 0 Å². The van der Waals surface area contributed by atoms with Gasteiger partial charge in [-0.25, -0.2) is 0 Å². The number of hydrogen-bond donors (Lipinski definition) is 0. The molecule has 14 rings (SSSR count). The Balaban J connectivity index is 1.04. The second-order valence-corrected chi connectivity index (χ2v) is 18.3. The average molecular weight is 893 g/mol. The van der Waals surface area contributed by atoms with E-state index in [-0.39, 0.29) is 0 Å². The van der Waals surface area contributed by atoms with Crippen LogP contribution in [0.4, 0.5) is 34.1 Å². The number of fused-ring (bicyclic) bond motifs is 12. The molecule has 0 radical (unpaired) electrons. The second kappa shape index (κ2) is 16.0. The molecule has 0 amide bonds. The third kappa shape index (κ3) is 5.95. The van der Waals surface area contributed by atoms with Crippen LogP contribution in [0.25, 0.3) is 66.4 Å². The summed E-state index contributed by atoms with van der Waals surface area (Å²) < 4.78 is 6.78. The van der Waals surface area contributed by atoms with E-state index in [1.54, 1.807) is 0 Å². The summed E-state index contributed by atoms with van der Waals surface area (Å²) in [5.41, 5.74) is 22.1. The van der Waals surface area contributed by atoms with Crippen LogP contribution in [0.2, 0.25) is 0 Å². The van der Waals surface area contributed by atoms with Gasteiger partial charge in [0.15, 0.2) is 0 Å². The van der Waals surface area contributed by atoms with Crippen molar-refractivity contribution < 1.29 is 4.42 Å². The lowest BCUT2D eigenvalue weighted by atomic mass is 9.64. The van der Waals surface area contributed by atoms with Gasteiger partial charge in [-0.3, -0.25) is 0 Å². The van der Waals surface area contributed by atoms with Gasteiger partial charge in [-0.15, -0.1) is 0 Å². The molecular weight excluding hydrogens is 849 g/mol. The molecule has 70 heavy (non-hydrogen) atoms. The Morgan fingerprint density at radius 3 is 1.59 bits per heavy atom. The first kappa shape index (κ1) is 39.9. The molecule has 1 aliphatic heterocycles. The first-order valence-electron chi connectivity index (χ1n) is 24.1. The molecule has 2 aliphatic rings. The minimum atomic E-state index is -0.627. The van der Waals surface area contributed by atoms with E-state index < -0.39 is 5.41 Å². The summed E-state index contributed by atoms with van der Waals surface area (Å²) in [6.07, 6.45) is 0. The maximum Gasteiger partial charge on any atom is 0.143 e. The van der Waals surface area contributed by atoms with Crippen molar-refractivity contribution in [1.82, 2.24) is 0 Å². The fourth-order valence-corrected chi connectivity index (χ4v) is 11.7. The van der Waals surface area contributed by atoms with E-state index in [1.165, 1.54) is 55.9 Å². The molecular formula is C67H44N2O. The number of hydrogen-bond acceptors (Lipinski definition) is 3. The van der Waals surface area contributed by atoms with E-state index in [9.17, 15) is 0 Å². The van der Waals surface area contributed by atoms with Gasteiger partial charge in [0.1, 0.15) is 11.2 Å². The van der Waals surface area contributed by atoms with Gasteiger partial charge >= 0.3 is 0 Å². The van der Waals surface area contributed by atoms with Gasteiger partial charge in [0, 0.05) is 38.8 Å². The fourth-order valence-electron chi connectivity index (χ4n) is 11.7. The zero-order valence-electron chi connectivity index (χ0n) is 38.2. The van der Waals surface area contributed by atoms with Crippen LogP contribution in [0.1, 0.15) is 22.3 Å². The van der Waals surface area contributed by atoms with Gasteiger partial charge in [0.25, 0.3) is 0 Å². The molecule has 11 aromatic carbocycles. The van der Waals surface area contributed by atoms with Crippen LogP contribution in [0, 0.1) is 0 Å². The number of rotatable bonds is 7. The predicted molar refractivity (Wildman–Crippen MR) is 290 cm³/mol. The van der Waals surface area contributed by atoms with Gasteiger partial charge in [-0.2, -0.15) is 0 Å². The SMILES string of the molecule is c1ccc(-c2ccc(-c3ccccc3N(c3ccc4c(c3)C3(c5ccccc5-4)c4ccccc4N(c4ccccc4)c4ccccc43)c3ccccc3-c3cccc4c3oc3ccccc34)cc2)cc1. The molecule has 2 heterocycles. The average Bonchev–Trinajstić information content (AvgIpc) is 3.96. The summed E-state index contributed by atoms with van der Waals surface area (Å²) in [5.74, 6) is 0. The zero-order chi connectivity index (χ0) is 46.2. The van der Waals surface area contributed by atoms with Crippen LogP contribution < -0.4 is 9.80 Å². The van der Waals surface area contributed by atoms with Crippen molar-refractivity contribution in [3.05, 3.63) is 289 Å². The zero-order valence-corrected chi connectivity index (χ0v) is 38.2. The number of anilines is 6. The van der Waals surface area contributed by atoms with E-state index >= 15 is 0 Å². The second-order valence-electron chi connectivity index (χ2n) is 18.3. The van der Waals surface area contributed by atoms with Crippen molar-refractivity contribution in [2.75, 3.05) is 9.80 Å². The Morgan fingerprint density at radius 2 is 0.843 bits per heavy atom. The van der Waals surface area contributed by atoms with E-state index in [1.807, 2.05) is 6.07 Å². The summed E-state index contributed by atoms with van der Waals surface area (Å²) in [6, 6.07) is 97.4. The summed E-state index contributed by atoms with van der Waals surface area (Å²) in [6.45, 7) is 0. The molecule has 1 aliphatic carbocycles. The largest absolute Gasteiger partial charge is 0.455 e. The number of benzene rings is 11. The van der Waals surface area contributed by atoms with Crippen LogP contribution in [0.5, 0.6) is 0 Å². The van der Waals surface area contributed by atoms with Gasteiger partial charge in [-0.1, -0.05) is 212 Å². The third-order valence-electron chi connectivity index (χ3n) is 14.7. The predicted octanol–water partition coefficient (Wildman–Crippen LogP) is 18.2. The van der Waals surface area contributed by atoms with E-state index in [2.05, 4.69) is 271 Å². The van der Waals surface area contributed by atoms with E-state index in [0.29, 0.717) is 0 Å². The van der Waals surface area contributed by atoms with Crippen molar-refractivity contribution in [3.8, 4) is 44.5 Å². The Morgan fingerprint density at radius 1 is 0.329 bits per heavy atom. The Bertz CT molecular complexity index is 3920. The van der Waals surface area contributed by atoms with E-state index in [4.69, 9.17) is 4.42 Å². The van der Waals surface area contributed by atoms with Crippen LogP contribution >= 0.6 is 0 Å². The minimum absolute atomic E-state index is 0.627. The lowest BCUT2D eigenvalue weighted by Crippen LogP contribution is -2.36. The highest BCUT2D eigenvalue weighted by atomic mass is 16.3. The highest BCUT2D eigenvalue weighted by molar-refractivity contribution is 6.11. The van der Waals surface area contributed by atoms with Crippen LogP contribution in [0.3, 0.4) is 0 Å². The summed E-state index contributed by atoms with van der Waals surface area (Å²) in [7, 11) is 0. The Labute approximate surface area is 407 Å². The van der Waals surface area contributed by atoms with Crippen molar-refractivity contribution >= 4 is 56.1 Å². The molecule has 3 heteroatoms. The minimum Gasteiger partial charge on any atom is -0.455 e. The molecule has 1 spiro atoms. The maximum atomic E-state index is 6.78. The molecule has 0 fully saturated rings. The van der Waals surface area contributed by atoms with Gasteiger partial charge < -0.3 is 14.2 Å². The normalized spacial score (nSPS) is 12.9. The number of para-hydroxylation sites is 7. The molecule has 0 atom stereocenters. The quantitative estimate of drug-likeness (QED) is 0.159. The van der Waals surface area contributed by atoms with Crippen LogP contribution in [-0.2, 0) is 5.41 Å². The summed E-state index contributed by atoms with van der Waals surface area (Å²) >= 11 is 0. The fraction of sp³-hybridized carbons (Fsp3) is 0.0149. The third-order valence-corrected chi connectivity index (χ3v) is 14.7. The van der Waals surface area contributed by atoms with Crippen molar-refractivity contribution in [2.24, 2.45) is 0 Å². The highest BCUT2D eigenvalue weighted by Crippen LogP contribution is 2.64. The molecule has 328 valence electrons. The molecule has 3 nitrogen and oxygen atoms in total. The molecule has 1 aromatic heterocycles. The lowest BCUT2D eigenvalue weighted by molar-refractivity contribution is 0.670. The monoisotopic (exact) mass is 892 g/mol. The Kier molecular flexibility index (Phi) is 9.11. The summed E-state index contributed by atoms with van der Waals surface area (Å²) in [5, 5.41) is 2.21. The number of nitrogens with zero attached hydrogens (tertiary/aromatic N) is 2. The van der Waals surface area contributed by atoms with Crippen molar-refractivity contribution in [3.63, 3.8) is 0 Å². The molecule has 0 N–H and O–H groups in total. The lowest BCUT2D eigenvalue weighted by Gasteiger charge is -2.45. The molecule has 0 unspecified atom stereocenters. The Hall–Kier alpha value is -9.18. The van der Waals surface area contributed by atoms with Crippen LogP contribution in [0.15, 0.2) is 271 Å². The van der Waals surface area contributed by atoms with Gasteiger partial charge in [0.05, 0.1) is 28.2 Å². The summed E-state index contributed by atoms with van der Waals surface area (Å²) in [4.78, 5) is 4.94. The smallest absolute Gasteiger partial charge is 0.143 e. The number of furan rings is 1. The standard InChI is InChI=1S/C67H44N2O/c1-3-20-45(21-4-1)46-38-40-47(41-39-46)50-24-8-14-33-61(50)69(62-34-15-9-26-53(62)55-28-19-29-56-54-27-10-18-37-65(54)70-66(55)56)49-42-43-52-51-25-7-11-30-57(51)67(60(52)44-49)58-31-12-16-35-63(58)68(48-22-5-2-6-23-48)64-36-17-13-32-59(64)67/h1-44H. The van der Waals surface area contributed by atoms with Crippen molar-refractivity contribution in [1.29, 1.82) is 0 Å². The maximum absolute atomic E-state index is 6.78. The first-order chi connectivity index (χ1) is 34.8. The van der Waals surface area contributed by atoms with E-state index in [0.717, 1.165) is 66.9 Å². The first-order valence-corrected chi connectivity index (χ1v) is 24.1. The van der Waals surface area contributed by atoms with Gasteiger partial charge in [-0.05, 0) is 105 Å². The molecule has 0 saturated heterocycles. The van der Waals surface area contributed by atoms with Crippen molar-refractivity contribution in [2.45, 2.75) is 5.41 Å². The molecule has 12 aromatic rings. The van der Waals surface area contributed by atoms with Gasteiger partial charge in [0.2, 0.25) is 0 Å². The molecule has 0 saturated carbocycles. The molecule has 0 bridgehead atoms. The highest BCUT2D eigenvalue weighted by Gasteiger charge is 2.52. The topological polar surface area (TPSA) is 19.6 Å².